The predicted molar refractivity (Wildman–Crippen MR) is 87.5 cm³/mol. The van der Waals surface area contributed by atoms with Crippen LogP contribution in [0.4, 0.5) is 0 Å². The van der Waals surface area contributed by atoms with E-state index in [1.54, 1.807) is 0 Å². The lowest BCUT2D eigenvalue weighted by atomic mass is 10.2. The fourth-order valence-electron chi connectivity index (χ4n) is 2.52. The number of nitrogens with zero attached hydrogens (tertiary/aromatic N) is 1. The van der Waals surface area contributed by atoms with Crippen LogP contribution in [0.1, 0.15) is 16.8 Å². The van der Waals surface area contributed by atoms with Gasteiger partial charge < -0.3 is 9.88 Å². The zero-order valence-corrected chi connectivity index (χ0v) is 12.3. The molecular formula is C19H20N2. The summed E-state index contributed by atoms with van der Waals surface area (Å²) < 4.78 is 2.24. The molecule has 0 fully saturated rings. The van der Waals surface area contributed by atoms with E-state index in [9.17, 15) is 0 Å². The van der Waals surface area contributed by atoms with E-state index in [1.807, 2.05) is 6.07 Å². The summed E-state index contributed by atoms with van der Waals surface area (Å²) in [5.74, 6) is 0. The SMILES string of the molecule is Cc1cccc(-n2cccc2CNCc2ccccc2)c1. The first kappa shape index (κ1) is 13.7. The van der Waals surface area contributed by atoms with Gasteiger partial charge in [-0.05, 0) is 42.3 Å². The topological polar surface area (TPSA) is 17.0 Å². The highest BCUT2D eigenvalue weighted by atomic mass is 15.0. The summed E-state index contributed by atoms with van der Waals surface area (Å²) in [5, 5.41) is 3.51. The molecule has 2 nitrogen and oxygen atoms in total. The molecule has 3 aromatic rings. The molecule has 0 aliphatic rings. The Labute approximate surface area is 126 Å². The number of aryl methyl sites for hydroxylation is 1. The van der Waals surface area contributed by atoms with Gasteiger partial charge in [-0.1, -0.05) is 42.5 Å². The van der Waals surface area contributed by atoms with Gasteiger partial charge in [0.05, 0.1) is 0 Å². The minimum atomic E-state index is 0.857. The Balaban J connectivity index is 1.69. The molecule has 21 heavy (non-hydrogen) atoms. The van der Waals surface area contributed by atoms with Gasteiger partial charge in [0.15, 0.2) is 0 Å². The van der Waals surface area contributed by atoms with Crippen molar-refractivity contribution in [1.29, 1.82) is 0 Å². The molecule has 0 saturated carbocycles. The molecule has 106 valence electrons. The Hall–Kier alpha value is -2.32. The van der Waals surface area contributed by atoms with Crippen molar-refractivity contribution in [3.8, 4) is 5.69 Å². The fourth-order valence-corrected chi connectivity index (χ4v) is 2.52. The average Bonchev–Trinajstić information content (AvgIpc) is 2.97. The van der Waals surface area contributed by atoms with Crippen LogP contribution >= 0.6 is 0 Å². The molecule has 0 spiro atoms. The monoisotopic (exact) mass is 276 g/mol. The third kappa shape index (κ3) is 3.41. The predicted octanol–water partition coefficient (Wildman–Crippen LogP) is 4.08. The van der Waals surface area contributed by atoms with Gasteiger partial charge in [-0.3, -0.25) is 0 Å². The van der Waals surface area contributed by atoms with Crippen molar-refractivity contribution in [2.24, 2.45) is 0 Å². The Kier molecular flexibility index (Phi) is 4.17. The van der Waals surface area contributed by atoms with Gasteiger partial charge >= 0.3 is 0 Å². The first-order valence-electron chi connectivity index (χ1n) is 7.31. The zero-order chi connectivity index (χ0) is 14.5. The van der Waals surface area contributed by atoms with Crippen molar-refractivity contribution in [3.05, 3.63) is 89.7 Å². The maximum atomic E-state index is 3.51. The summed E-state index contributed by atoms with van der Waals surface area (Å²) >= 11 is 0. The summed E-state index contributed by atoms with van der Waals surface area (Å²) in [6.07, 6.45) is 2.12. The zero-order valence-electron chi connectivity index (χ0n) is 12.3. The number of hydrogen-bond acceptors (Lipinski definition) is 1. The molecule has 0 aliphatic carbocycles. The van der Waals surface area contributed by atoms with Crippen molar-refractivity contribution >= 4 is 0 Å². The van der Waals surface area contributed by atoms with Gasteiger partial charge in [-0.15, -0.1) is 0 Å². The van der Waals surface area contributed by atoms with E-state index >= 15 is 0 Å². The van der Waals surface area contributed by atoms with E-state index in [-0.39, 0.29) is 0 Å². The van der Waals surface area contributed by atoms with E-state index < -0.39 is 0 Å². The van der Waals surface area contributed by atoms with Crippen LogP contribution in [0.25, 0.3) is 5.69 Å². The lowest BCUT2D eigenvalue weighted by Crippen LogP contribution is -2.15. The molecule has 0 atom stereocenters. The van der Waals surface area contributed by atoms with Crippen molar-refractivity contribution in [1.82, 2.24) is 9.88 Å². The van der Waals surface area contributed by atoms with Crippen LogP contribution in [0.3, 0.4) is 0 Å². The minimum absolute atomic E-state index is 0.857. The molecule has 2 heteroatoms. The molecule has 3 rings (SSSR count). The fraction of sp³-hybridized carbons (Fsp3) is 0.158. The van der Waals surface area contributed by atoms with Gasteiger partial charge in [0.25, 0.3) is 0 Å². The molecule has 0 saturated heterocycles. The van der Waals surface area contributed by atoms with Gasteiger partial charge in [-0.25, -0.2) is 0 Å². The summed E-state index contributed by atoms with van der Waals surface area (Å²) in [6, 6.07) is 23.3. The number of rotatable bonds is 5. The molecule has 1 aromatic heterocycles. The Morgan fingerprint density at radius 1 is 0.857 bits per heavy atom. The molecule has 1 N–H and O–H groups in total. The van der Waals surface area contributed by atoms with Gasteiger partial charge in [0, 0.05) is 30.7 Å². The molecule has 0 unspecified atom stereocenters. The molecular weight excluding hydrogens is 256 g/mol. The van der Waals surface area contributed by atoms with Gasteiger partial charge in [-0.2, -0.15) is 0 Å². The minimum Gasteiger partial charge on any atom is -0.320 e. The van der Waals surface area contributed by atoms with Crippen LogP contribution in [0.5, 0.6) is 0 Å². The maximum absolute atomic E-state index is 3.51. The Morgan fingerprint density at radius 3 is 2.52 bits per heavy atom. The standard InChI is InChI=1S/C19H20N2/c1-16-7-5-10-18(13-16)21-12-6-11-19(21)15-20-14-17-8-3-2-4-9-17/h2-13,20H,14-15H2,1H3. The highest BCUT2D eigenvalue weighted by molar-refractivity contribution is 5.38. The molecule has 2 aromatic carbocycles. The Bertz CT molecular complexity index is 698. The van der Waals surface area contributed by atoms with E-state index in [0.29, 0.717) is 0 Å². The highest BCUT2D eigenvalue weighted by Gasteiger charge is 2.03. The van der Waals surface area contributed by atoms with Crippen molar-refractivity contribution < 1.29 is 0 Å². The highest BCUT2D eigenvalue weighted by Crippen LogP contribution is 2.14. The lowest BCUT2D eigenvalue weighted by Gasteiger charge is -2.11. The van der Waals surface area contributed by atoms with E-state index in [0.717, 1.165) is 13.1 Å². The molecule has 1 heterocycles. The lowest BCUT2D eigenvalue weighted by molar-refractivity contribution is 0.669. The largest absolute Gasteiger partial charge is 0.320 e. The first-order chi connectivity index (χ1) is 10.3. The van der Waals surface area contributed by atoms with Crippen LogP contribution < -0.4 is 5.32 Å². The Morgan fingerprint density at radius 2 is 1.71 bits per heavy atom. The van der Waals surface area contributed by atoms with Crippen molar-refractivity contribution in [2.45, 2.75) is 20.0 Å². The quantitative estimate of drug-likeness (QED) is 0.743. The van der Waals surface area contributed by atoms with Crippen LogP contribution in [0.15, 0.2) is 72.9 Å². The number of nitrogens with one attached hydrogen (secondary N) is 1. The number of benzene rings is 2. The third-order valence-electron chi connectivity index (χ3n) is 3.59. The van der Waals surface area contributed by atoms with E-state index in [1.165, 1.54) is 22.5 Å². The third-order valence-corrected chi connectivity index (χ3v) is 3.59. The summed E-state index contributed by atoms with van der Waals surface area (Å²) in [7, 11) is 0. The number of hydrogen-bond donors (Lipinski definition) is 1. The summed E-state index contributed by atoms with van der Waals surface area (Å²) in [6.45, 7) is 3.87. The van der Waals surface area contributed by atoms with Crippen LogP contribution in [0, 0.1) is 6.92 Å². The van der Waals surface area contributed by atoms with E-state index in [2.05, 4.69) is 83.7 Å². The smallest absolute Gasteiger partial charge is 0.0455 e. The van der Waals surface area contributed by atoms with Gasteiger partial charge in [0.1, 0.15) is 0 Å². The molecule has 0 bridgehead atoms. The summed E-state index contributed by atoms with van der Waals surface area (Å²) in [5.41, 5.74) is 5.09. The maximum Gasteiger partial charge on any atom is 0.0455 e. The van der Waals surface area contributed by atoms with Crippen molar-refractivity contribution in [3.63, 3.8) is 0 Å². The average molecular weight is 276 g/mol. The van der Waals surface area contributed by atoms with Crippen LogP contribution in [-0.2, 0) is 13.1 Å². The number of aromatic nitrogens is 1. The van der Waals surface area contributed by atoms with Crippen LogP contribution in [-0.4, -0.2) is 4.57 Å². The normalized spacial score (nSPS) is 10.7. The van der Waals surface area contributed by atoms with Crippen LogP contribution in [0.2, 0.25) is 0 Å². The summed E-state index contributed by atoms with van der Waals surface area (Å²) in [4.78, 5) is 0. The molecule has 0 radical (unpaired) electrons. The second-order valence-corrected chi connectivity index (χ2v) is 5.30. The van der Waals surface area contributed by atoms with E-state index in [4.69, 9.17) is 0 Å². The van der Waals surface area contributed by atoms with Crippen molar-refractivity contribution in [2.75, 3.05) is 0 Å². The first-order valence-corrected chi connectivity index (χ1v) is 7.31. The second-order valence-electron chi connectivity index (χ2n) is 5.30. The molecule has 0 aliphatic heterocycles. The molecule has 0 amide bonds. The van der Waals surface area contributed by atoms with Gasteiger partial charge in [0.2, 0.25) is 0 Å². The second kappa shape index (κ2) is 6.42.